The number of nitrogens with zero attached hydrogens (tertiary/aromatic N) is 2. The summed E-state index contributed by atoms with van der Waals surface area (Å²) in [6.45, 7) is 3.81. The summed E-state index contributed by atoms with van der Waals surface area (Å²) in [6.07, 6.45) is 1.22. The van der Waals surface area contributed by atoms with E-state index < -0.39 is 28.5 Å². The molecule has 0 radical (unpaired) electrons. The monoisotopic (exact) mass is 619 g/mol. The van der Waals surface area contributed by atoms with Gasteiger partial charge < -0.3 is 15.0 Å². The Morgan fingerprint density at radius 3 is 2.20 bits per heavy atom. The van der Waals surface area contributed by atoms with Crippen LogP contribution in [0.5, 0.6) is 5.75 Å². The van der Waals surface area contributed by atoms with Crippen LogP contribution in [0.1, 0.15) is 25.0 Å². The van der Waals surface area contributed by atoms with Gasteiger partial charge in [0.15, 0.2) is 0 Å². The van der Waals surface area contributed by atoms with E-state index in [1.165, 1.54) is 24.1 Å². The molecule has 0 aliphatic heterocycles. The minimum atomic E-state index is -3.98. The van der Waals surface area contributed by atoms with Crippen LogP contribution in [-0.2, 0) is 32.6 Å². The van der Waals surface area contributed by atoms with Crippen LogP contribution in [0.25, 0.3) is 0 Å². The predicted octanol–water partition coefficient (Wildman–Crippen LogP) is 5.18. The van der Waals surface area contributed by atoms with Gasteiger partial charge in [-0.05, 0) is 47.4 Å². The molecule has 41 heavy (non-hydrogen) atoms. The number of methoxy groups -OCH3 is 1. The highest BCUT2D eigenvalue weighted by atomic mass is 35.5. The topological polar surface area (TPSA) is 96.0 Å². The highest BCUT2D eigenvalue weighted by molar-refractivity contribution is 7.92. The molecule has 1 N–H and O–H groups in total. The molecule has 0 fully saturated rings. The van der Waals surface area contributed by atoms with E-state index in [4.69, 9.17) is 27.9 Å². The van der Waals surface area contributed by atoms with Crippen LogP contribution in [0.4, 0.5) is 5.69 Å². The van der Waals surface area contributed by atoms with Crippen LogP contribution in [0.15, 0.2) is 72.8 Å². The highest BCUT2D eigenvalue weighted by Crippen LogP contribution is 2.33. The maximum Gasteiger partial charge on any atom is 0.244 e. The Morgan fingerprint density at radius 2 is 1.59 bits per heavy atom. The first-order valence-corrected chi connectivity index (χ1v) is 15.7. The number of hydrogen-bond donors (Lipinski definition) is 1. The highest BCUT2D eigenvalue weighted by Gasteiger charge is 2.34. The number of anilines is 1. The molecule has 0 aliphatic rings. The number of benzene rings is 3. The zero-order valence-corrected chi connectivity index (χ0v) is 25.8. The second-order valence-corrected chi connectivity index (χ2v) is 12.9. The smallest absolute Gasteiger partial charge is 0.244 e. The van der Waals surface area contributed by atoms with Gasteiger partial charge in [0.25, 0.3) is 0 Å². The second-order valence-electron chi connectivity index (χ2n) is 10.1. The lowest BCUT2D eigenvalue weighted by atomic mass is 10.0. The Kier molecular flexibility index (Phi) is 11.5. The van der Waals surface area contributed by atoms with Crippen molar-refractivity contribution in [2.24, 2.45) is 5.92 Å². The summed E-state index contributed by atoms with van der Waals surface area (Å²) < 4.78 is 32.3. The summed E-state index contributed by atoms with van der Waals surface area (Å²) in [5.74, 6) is -0.517. The van der Waals surface area contributed by atoms with Crippen molar-refractivity contribution >= 4 is 50.7 Å². The maximum atomic E-state index is 14.2. The van der Waals surface area contributed by atoms with Gasteiger partial charge in [-0.3, -0.25) is 13.9 Å². The maximum absolute atomic E-state index is 14.2. The molecule has 0 aromatic heterocycles. The number of halogens is 2. The lowest BCUT2D eigenvalue weighted by molar-refractivity contribution is -0.140. The molecule has 0 saturated heterocycles. The Labute approximate surface area is 252 Å². The second kappa shape index (κ2) is 14.6. The summed E-state index contributed by atoms with van der Waals surface area (Å²) in [4.78, 5) is 29.2. The average molecular weight is 621 g/mol. The molecule has 1 atom stereocenters. The van der Waals surface area contributed by atoms with E-state index in [1.807, 2.05) is 44.2 Å². The standard InChI is InChI=1S/C30H35Cl2N3O5S/c1-21(2)18-33-30(37)27(16-22-9-6-5-7-10-22)34(19-23-11-8-12-24(31)15-23)29(36)20-35(41(4,38)39)26-17-25(32)13-14-28(26)40-3/h5-15,17,21,27H,16,18-20H2,1-4H3,(H,33,37)/t27-/m1/s1. The van der Waals surface area contributed by atoms with Gasteiger partial charge in [-0.2, -0.15) is 0 Å². The first kappa shape index (κ1) is 32.2. The number of carbonyl (C=O) groups excluding carboxylic acids is 2. The Morgan fingerprint density at radius 1 is 0.927 bits per heavy atom. The van der Waals surface area contributed by atoms with Crippen LogP contribution in [0.3, 0.4) is 0 Å². The van der Waals surface area contributed by atoms with Crippen LogP contribution in [0, 0.1) is 5.92 Å². The molecule has 11 heteroatoms. The van der Waals surface area contributed by atoms with Gasteiger partial charge in [-0.1, -0.05) is 79.5 Å². The molecule has 0 unspecified atom stereocenters. The summed E-state index contributed by atoms with van der Waals surface area (Å²) in [7, 11) is -2.58. The van der Waals surface area contributed by atoms with Crippen molar-refractivity contribution in [1.29, 1.82) is 0 Å². The number of ether oxygens (including phenoxy) is 1. The predicted molar refractivity (Wildman–Crippen MR) is 164 cm³/mol. The molecule has 3 aromatic carbocycles. The van der Waals surface area contributed by atoms with E-state index in [1.54, 1.807) is 30.3 Å². The minimum absolute atomic E-state index is 0.0241. The summed E-state index contributed by atoms with van der Waals surface area (Å²) in [6, 6.07) is 19.9. The molecule has 0 spiro atoms. The van der Waals surface area contributed by atoms with Crippen molar-refractivity contribution in [3.63, 3.8) is 0 Å². The van der Waals surface area contributed by atoms with Gasteiger partial charge in [0.1, 0.15) is 18.3 Å². The fraction of sp³-hybridized carbons (Fsp3) is 0.333. The minimum Gasteiger partial charge on any atom is -0.495 e. The molecule has 0 aliphatic carbocycles. The number of nitrogens with one attached hydrogen (secondary N) is 1. The molecule has 220 valence electrons. The quantitative estimate of drug-likeness (QED) is 0.284. The van der Waals surface area contributed by atoms with E-state index in [2.05, 4.69) is 5.32 Å². The van der Waals surface area contributed by atoms with E-state index >= 15 is 0 Å². The molecule has 8 nitrogen and oxygen atoms in total. The van der Waals surface area contributed by atoms with Crippen LogP contribution >= 0.6 is 23.2 Å². The van der Waals surface area contributed by atoms with Crippen LogP contribution in [0.2, 0.25) is 10.0 Å². The largest absolute Gasteiger partial charge is 0.495 e. The molecule has 2 amide bonds. The summed E-state index contributed by atoms with van der Waals surface area (Å²) >= 11 is 12.4. The van der Waals surface area contributed by atoms with E-state index in [0.29, 0.717) is 17.1 Å². The summed E-state index contributed by atoms with van der Waals surface area (Å²) in [5.41, 5.74) is 1.65. The lowest BCUT2D eigenvalue weighted by Crippen LogP contribution is -2.53. The SMILES string of the molecule is COc1ccc(Cl)cc1N(CC(=O)N(Cc1cccc(Cl)c1)[C@H](Cc1ccccc1)C(=O)NCC(C)C)S(C)(=O)=O. The normalized spacial score (nSPS) is 12.1. The van der Waals surface area contributed by atoms with Crippen molar-refractivity contribution < 1.29 is 22.7 Å². The number of rotatable bonds is 13. The van der Waals surface area contributed by atoms with Gasteiger partial charge in [0, 0.05) is 29.6 Å². The number of sulfonamides is 1. The molecule has 0 heterocycles. The molecule has 3 aromatic rings. The van der Waals surface area contributed by atoms with Crippen molar-refractivity contribution in [1.82, 2.24) is 10.2 Å². The van der Waals surface area contributed by atoms with Crippen LogP contribution < -0.4 is 14.4 Å². The Hall–Kier alpha value is -3.27. The van der Waals surface area contributed by atoms with Crippen molar-refractivity contribution in [3.8, 4) is 5.75 Å². The third-order valence-electron chi connectivity index (χ3n) is 6.29. The van der Waals surface area contributed by atoms with Crippen molar-refractivity contribution in [2.75, 3.05) is 30.8 Å². The lowest BCUT2D eigenvalue weighted by Gasteiger charge is -2.34. The van der Waals surface area contributed by atoms with Gasteiger partial charge in [0.2, 0.25) is 21.8 Å². The molecular weight excluding hydrogens is 585 g/mol. The average Bonchev–Trinajstić information content (AvgIpc) is 2.92. The van der Waals surface area contributed by atoms with Crippen molar-refractivity contribution in [2.45, 2.75) is 32.9 Å². The van der Waals surface area contributed by atoms with Gasteiger partial charge in [0.05, 0.1) is 19.1 Å². The number of amides is 2. The third-order valence-corrected chi connectivity index (χ3v) is 7.88. The zero-order valence-electron chi connectivity index (χ0n) is 23.5. The van der Waals surface area contributed by atoms with E-state index in [9.17, 15) is 18.0 Å². The molecular formula is C30H35Cl2N3O5S. The Balaban J connectivity index is 2.09. The third kappa shape index (κ3) is 9.38. The zero-order chi connectivity index (χ0) is 30.2. The van der Waals surface area contributed by atoms with E-state index in [0.717, 1.165) is 16.1 Å². The molecule has 3 rings (SSSR count). The fourth-order valence-corrected chi connectivity index (χ4v) is 5.49. The number of carbonyl (C=O) groups is 2. The van der Waals surface area contributed by atoms with Crippen molar-refractivity contribution in [3.05, 3.63) is 94.0 Å². The first-order valence-electron chi connectivity index (χ1n) is 13.1. The van der Waals surface area contributed by atoms with Gasteiger partial charge in [-0.15, -0.1) is 0 Å². The summed E-state index contributed by atoms with van der Waals surface area (Å²) in [5, 5.41) is 3.69. The molecule has 0 bridgehead atoms. The van der Waals surface area contributed by atoms with Gasteiger partial charge >= 0.3 is 0 Å². The van der Waals surface area contributed by atoms with E-state index in [-0.39, 0.29) is 41.3 Å². The molecule has 0 saturated carbocycles. The fourth-order valence-electron chi connectivity index (χ4n) is 4.26. The first-order chi connectivity index (χ1) is 19.4. The van der Waals surface area contributed by atoms with Crippen LogP contribution in [-0.4, -0.2) is 57.6 Å². The Bertz CT molecular complexity index is 1450. The van der Waals surface area contributed by atoms with Gasteiger partial charge in [-0.25, -0.2) is 8.42 Å². The number of hydrogen-bond acceptors (Lipinski definition) is 5.